The van der Waals surface area contributed by atoms with Gasteiger partial charge in [-0.25, -0.2) is 13.9 Å². The van der Waals surface area contributed by atoms with Crippen molar-refractivity contribution in [1.82, 2.24) is 14.4 Å². The Kier molecular flexibility index (Phi) is 5.13. The van der Waals surface area contributed by atoms with E-state index in [9.17, 15) is 9.59 Å². The normalized spacial score (nSPS) is 19.1. The van der Waals surface area contributed by atoms with Gasteiger partial charge in [-0.1, -0.05) is 24.8 Å². The maximum Gasteiger partial charge on any atom is 0.402 e. The zero-order valence-electron chi connectivity index (χ0n) is 16.3. The maximum atomic E-state index is 13.1. The molecule has 3 heterocycles. The summed E-state index contributed by atoms with van der Waals surface area (Å²) in [5.41, 5.74) is 2.05. The Morgan fingerprint density at radius 1 is 1.23 bits per heavy atom. The van der Waals surface area contributed by atoms with E-state index in [2.05, 4.69) is 16.5 Å². The molecule has 1 atom stereocenters. The highest BCUT2D eigenvalue weighted by Gasteiger charge is 2.53. The molecule has 2 aliphatic rings. The van der Waals surface area contributed by atoms with E-state index in [0.717, 1.165) is 30.7 Å². The van der Waals surface area contributed by atoms with E-state index in [1.54, 1.807) is 14.2 Å². The lowest BCUT2D eigenvalue weighted by Crippen LogP contribution is -2.57. The van der Waals surface area contributed by atoms with Crippen LogP contribution in [0.1, 0.15) is 43.6 Å². The third kappa shape index (κ3) is 2.72. The number of fused-ring (bicyclic) bond motifs is 3. The number of amidine groups is 1. The summed E-state index contributed by atoms with van der Waals surface area (Å²) >= 11 is 0. The Bertz CT molecular complexity index is 767. The van der Waals surface area contributed by atoms with Gasteiger partial charge in [0.25, 0.3) is 5.91 Å². The van der Waals surface area contributed by atoms with Crippen LogP contribution in [0.5, 0.6) is 0 Å². The first kappa shape index (κ1) is 18.6. The summed E-state index contributed by atoms with van der Waals surface area (Å²) < 4.78 is 9.21. The summed E-state index contributed by atoms with van der Waals surface area (Å²) in [5, 5.41) is 0. The van der Waals surface area contributed by atoms with Crippen molar-refractivity contribution in [3.8, 4) is 0 Å². The number of methoxy groups -OCH3 is 1. The van der Waals surface area contributed by atoms with Crippen LogP contribution in [0.3, 0.4) is 0 Å². The molecule has 0 N–H and O–H groups in total. The van der Waals surface area contributed by atoms with Crippen LogP contribution in [0.25, 0.3) is 0 Å². The first-order valence-electron chi connectivity index (χ1n) is 9.21. The molecule has 2 aliphatic heterocycles. The molecule has 3 amide bonds. The third-order valence-electron chi connectivity index (χ3n) is 5.33. The Labute approximate surface area is 154 Å². The van der Waals surface area contributed by atoms with Gasteiger partial charge in [-0.05, 0) is 20.3 Å². The van der Waals surface area contributed by atoms with E-state index < -0.39 is 6.04 Å². The highest BCUT2D eigenvalue weighted by atomic mass is 16.5. The number of nitrogens with zero attached hydrogens (tertiary/aromatic N) is 5. The fourth-order valence-corrected chi connectivity index (χ4v) is 3.68. The first-order valence-corrected chi connectivity index (χ1v) is 9.21. The van der Waals surface area contributed by atoms with E-state index in [1.165, 1.54) is 9.80 Å². The molecule has 0 aromatic carbocycles. The monoisotopic (exact) mass is 362 g/mol. The van der Waals surface area contributed by atoms with E-state index in [-0.39, 0.29) is 11.9 Å². The van der Waals surface area contributed by atoms with Crippen molar-refractivity contribution < 1.29 is 18.9 Å². The molecular formula is C18H28N5O3+. The van der Waals surface area contributed by atoms with Crippen molar-refractivity contribution in [2.75, 3.05) is 27.3 Å². The van der Waals surface area contributed by atoms with Crippen LogP contribution in [0.15, 0.2) is 4.99 Å². The molecule has 1 aromatic heterocycles. The van der Waals surface area contributed by atoms with Crippen LogP contribution in [0.2, 0.25) is 0 Å². The molecule has 8 nitrogen and oxygen atoms in total. The van der Waals surface area contributed by atoms with Gasteiger partial charge in [-0.3, -0.25) is 14.6 Å². The summed E-state index contributed by atoms with van der Waals surface area (Å²) in [6.45, 7) is 7.78. The van der Waals surface area contributed by atoms with Gasteiger partial charge < -0.3 is 4.74 Å². The molecule has 1 fully saturated rings. The number of aliphatic imine (C=N–C) groups is 1. The predicted octanol–water partition coefficient (Wildman–Crippen LogP) is 1.71. The first-order chi connectivity index (χ1) is 12.4. The molecule has 1 unspecified atom stereocenters. The second-order valence-electron chi connectivity index (χ2n) is 6.90. The van der Waals surface area contributed by atoms with Crippen molar-refractivity contribution in [2.45, 2.75) is 52.6 Å². The van der Waals surface area contributed by atoms with Crippen LogP contribution < -0.4 is 4.57 Å². The number of urea groups is 1. The topological polar surface area (TPSA) is 71.0 Å². The van der Waals surface area contributed by atoms with Crippen LogP contribution in [0.4, 0.5) is 10.7 Å². The number of amides is 3. The van der Waals surface area contributed by atoms with Gasteiger partial charge in [0.05, 0.1) is 13.2 Å². The minimum Gasteiger partial charge on any atom is -0.381 e. The van der Waals surface area contributed by atoms with Gasteiger partial charge in [0, 0.05) is 20.7 Å². The number of imide groups is 1. The van der Waals surface area contributed by atoms with Gasteiger partial charge in [0.15, 0.2) is 0 Å². The van der Waals surface area contributed by atoms with Crippen LogP contribution in [-0.4, -0.2) is 59.4 Å². The molecule has 1 aromatic rings. The van der Waals surface area contributed by atoms with E-state index in [4.69, 9.17) is 4.74 Å². The molecule has 0 bridgehead atoms. The number of unbranched alkanes of at least 4 members (excludes halogenated alkanes) is 2. The Morgan fingerprint density at radius 2 is 1.96 bits per heavy atom. The average Bonchev–Trinajstić information content (AvgIpc) is 3.12. The zero-order valence-corrected chi connectivity index (χ0v) is 16.3. The van der Waals surface area contributed by atoms with Crippen molar-refractivity contribution in [3.63, 3.8) is 0 Å². The number of hydrogen-bond acceptors (Lipinski definition) is 4. The van der Waals surface area contributed by atoms with Crippen LogP contribution in [0, 0.1) is 13.8 Å². The standard InChI is InChI=1S/C18H28N5O3/c1-6-7-8-9-22-16(24)14-15(20(4)18(22)25)19-17-21(10-11-26-5)12(2)13(3)23(14)17/h14H,6-11H2,1-5H3/q+1. The largest absolute Gasteiger partial charge is 0.402 e. The van der Waals surface area contributed by atoms with E-state index in [1.807, 2.05) is 18.4 Å². The van der Waals surface area contributed by atoms with Gasteiger partial charge in [-0.15, -0.1) is 0 Å². The van der Waals surface area contributed by atoms with Gasteiger partial charge >= 0.3 is 12.0 Å². The van der Waals surface area contributed by atoms with E-state index in [0.29, 0.717) is 31.5 Å². The lowest BCUT2D eigenvalue weighted by molar-refractivity contribution is -0.690. The Hall–Kier alpha value is -2.22. The molecule has 0 saturated carbocycles. The fraction of sp³-hybridized carbons (Fsp3) is 0.667. The molecule has 26 heavy (non-hydrogen) atoms. The third-order valence-corrected chi connectivity index (χ3v) is 5.33. The molecule has 0 radical (unpaired) electrons. The van der Waals surface area contributed by atoms with Crippen LogP contribution in [-0.2, 0) is 16.1 Å². The Morgan fingerprint density at radius 3 is 2.62 bits per heavy atom. The van der Waals surface area contributed by atoms with Crippen molar-refractivity contribution in [1.29, 1.82) is 0 Å². The predicted molar refractivity (Wildman–Crippen MR) is 96.5 cm³/mol. The minimum absolute atomic E-state index is 0.182. The molecule has 8 heteroatoms. The highest BCUT2D eigenvalue weighted by Crippen LogP contribution is 2.35. The quantitative estimate of drug-likeness (QED) is 0.548. The zero-order chi connectivity index (χ0) is 19.0. The summed E-state index contributed by atoms with van der Waals surface area (Å²) in [6.07, 6.45) is 2.86. The number of imidazole rings is 1. The summed E-state index contributed by atoms with van der Waals surface area (Å²) in [4.78, 5) is 33.4. The fourth-order valence-electron chi connectivity index (χ4n) is 3.68. The smallest absolute Gasteiger partial charge is 0.381 e. The lowest BCUT2D eigenvalue weighted by atomic mass is 10.1. The average molecular weight is 362 g/mol. The minimum atomic E-state index is -0.558. The van der Waals surface area contributed by atoms with Gasteiger partial charge in [0.1, 0.15) is 11.4 Å². The molecule has 0 aliphatic carbocycles. The molecule has 1 saturated heterocycles. The number of likely N-dealkylation sites (N-methyl/N-ethyl adjacent to an activating group) is 1. The number of ether oxygens (including phenoxy) is 1. The highest BCUT2D eigenvalue weighted by molar-refractivity contribution is 6.20. The summed E-state index contributed by atoms with van der Waals surface area (Å²) in [6, 6.07) is -0.846. The van der Waals surface area contributed by atoms with Gasteiger partial charge in [-0.2, -0.15) is 0 Å². The van der Waals surface area contributed by atoms with Crippen molar-refractivity contribution in [3.05, 3.63) is 11.4 Å². The lowest BCUT2D eigenvalue weighted by Gasteiger charge is -2.33. The summed E-state index contributed by atoms with van der Waals surface area (Å²) in [5.74, 6) is 1.04. The molecular weight excluding hydrogens is 334 g/mol. The van der Waals surface area contributed by atoms with Crippen LogP contribution >= 0.6 is 0 Å². The SMILES string of the molecule is CCCCCN1C(=O)C2C(=Nc3n2c(C)c(C)[n+]3CCOC)N(C)C1=O. The molecule has 142 valence electrons. The van der Waals surface area contributed by atoms with Crippen molar-refractivity contribution in [2.24, 2.45) is 4.99 Å². The number of carbonyl (C=O) groups is 2. The molecule has 3 rings (SSSR count). The van der Waals surface area contributed by atoms with Gasteiger partial charge in [0.2, 0.25) is 11.9 Å². The second-order valence-corrected chi connectivity index (χ2v) is 6.90. The Balaban J connectivity index is 1.99. The summed E-state index contributed by atoms with van der Waals surface area (Å²) in [7, 11) is 3.36. The van der Waals surface area contributed by atoms with Crippen molar-refractivity contribution >= 4 is 23.7 Å². The number of rotatable bonds is 7. The molecule has 0 spiro atoms. The second kappa shape index (κ2) is 7.19. The number of carbonyl (C=O) groups excluding carboxylic acids is 2. The number of aromatic nitrogens is 2. The maximum absolute atomic E-state index is 13.1. The number of hydrogen-bond donors (Lipinski definition) is 0. The van der Waals surface area contributed by atoms with E-state index >= 15 is 0 Å².